The van der Waals surface area contributed by atoms with Gasteiger partial charge in [0.25, 0.3) is 0 Å². The number of aliphatic imine (C=N–C) groups is 1. The third kappa shape index (κ3) is 3.43. The van der Waals surface area contributed by atoms with Gasteiger partial charge in [-0.3, -0.25) is 0 Å². The van der Waals surface area contributed by atoms with Gasteiger partial charge in [0.15, 0.2) is 0 Å². The summed E-state index contributed by atoms with van der Waals surface area (Å²) in [6, 6.07) is 5.76. The highest BCUT2D eigenvalue weighted by atomic mass is 35.5. The van der Waals surface area contributed by atoms with Gasteiger partial charge in [-0.05, 0) is 24.3 Å². The zero-order valence-corrected chi connectivity index (χ0v) is 8.43. The molecule has 0 N–H and O–H groups in total. The molecule has 1 aromatic carbocycles. The van der Waals surface area contributed by atoms with Gasteiger partial charge in [0.2, 0.25) is 5.17 Å². The van der Waals surface area contributed by atoms with Crippen LogP contribution in [0.4, 0.5) is 18.9 Å². The van der Waals surface area contributed by atoms with Crippen molar-refractivity contribution in [1.29, 1.82) is 0 Å². The van der Waals surface area contributed by atoms with Crippen molar-refractivity contribution in [2.24, 2.45) is 4.99 Å². The van der Waals surface area contributed by atoms with E-state index in [4.69, 9.17) is 16.3 Å². The van der Waals surface area contributed by atoms with Gasteiger partial charge in [-0.1, -0.05) is 11.6 Å². The Morgan fingerprint density at radius 1 is 1.27 bits per heavy atom. The van der Waals surface area contributed by atoms with Crippen molar-refractivity contribution >= 4 is 22.5 Å². The van der Waals surface area contributed by atoms with Gasteiger partial charge in [0.05, 0.1) is 12.8 Å². The Balaban J connectivity index is 2.89. The van der Waals surface area contributed by atoms with Gasteiger partial charge < -0.3 is 4.74 Å². The maximum atomic E-state index is 12.0. The fourth-order valence-electron chi connectivity index (χ4n) is 0.833. The lowest BCUT2D eigenvalue weighted by Gasteiger charge is -2.03. The third-order valence-corrected chi connectivity index (χ3v) is 1.83. The monoisotopic (exact) mass is 237 g/mol. The quantitative estimate of drug-likeness (QED) is 0.721. The number of alkyl halides is 3. The zero-order valence-electron chi connectivity index (χ0n) is 7.68. The number of nitrogens with zero attached hydrogens (tertiary/aromatic N) is 1. The van der Waals surface area contributed by atoms with Crippen LogP contribution >= 0.6 is 11.6 Å². The molecular weight excluding hydrogens is 231 g/mol. The summed E-state index contributed by atoms with van der Waals surface area (Å²) in [5.41, 5.74) is 0.123. The number of hydrogen-bond donors (Lipinski definition) is 0. The van der Waals surface area contributed by atoms with E-state index in [0.29, 0.717) is 5.75 Å². The number of benzene rings is 1. The molecule has 82 valence electrons. The summed E-state index contributed by atoms with van der Waals surface area (Å²) >= 11 is 4.96. The van der Waals surface area contributed by atoms with Gasteiger partial charge in [-0.15, -0.1) is 0 Å². The molecule has 0 atom stereocenters. The van der Waals surface area contributed by atoms with Crippen molar-refractivity contribution in [3.63, 3.8) is 0 Å². The van der Waals surface area contributed by atoms with Gasteiger partial charge in [0.1, 0.15) is 5.75 Å². The van der Waals surface area contributed by atoms with Crippen molar-refractivity contribution in [3.8, 4) is 5.75 Å². The largest absolute Gasteiger partial charge is 0.497 e. The first-order valence-corrected chi connectivity index (χ1v) is 4.26. The summed E-state index contributed by atoms with van der Waals surface area (Å²) < 4.78 is 40.8. The molecule has 0 aromatic heterocycles. The minimum absolute atomic E-state index is 0.123. The second kappa shape index (κ2) is 4.53. The summed E-state index contributed by atoms with van der Waals surface area (Å²) in [5, 5.41) is -1.40. The third-order valence-electron chi connectivity index (χ3n) is 1.53. The van der Waals surface area contributed by atoms with Crippen molar-refractivity contribution < 1.29 is 17.9 Å². The highest BCUT2D eigenvalue weighted by Crippen LogP contribution is 2.24. The van der Waals surface area contributed by atoms with Gasteiger partial charge in [0, 0.05) is 0 Å². The van der Waals surface area contributed by atoms with E-state index in [1.165, 1.54) is 31.4 Å². The van der Waals surface area contributed by atoms with Crippen LogP contribution in [0.15, 0.2) is 29.3 Å². The van der Waals surface area contributed by atoms with E-state index in [2.05, 4.69) is 4.99 Å². The highest BCUT2D eigenvalue weighted by Gasteiger charge is 2.34. The molecule has 0 bridgehead atoms. The molecular formula is C9H7ClF3NO. The Morgan fingerprint density at radius 2 is 1.80 bits per heavy atom. The van der Waals surface area contributed by atoms with Gasteiger partial charge in [-0.25, -0.2) is 4.99 Å². The van der Waals surface area contributed by atoms with Crippen LogP contribution in [0.2, 0.25) is 0 Å². The van der Waals surface area contributed by atoms with Crippen molar-refractivity contribution in [1.82, 2.24) is 0 Å². The minimum atomic E-state index is -4.61. The molecule has 0 radical (unpaired) electrons. The fraction of sp³-hybridized carbons (Fsp3) is 0.222. The molecule has 0 saturated carbocycles. The van der Waals surface area contributed by atoms with E-state index in [1.54, 1.807) is 0 Å². The summed E-state index contributed by atoms with van der Waals surface area (Å²) in [4.78, 5) is 3.21. The molecule has 0 aliphatic heterocycles. The van der Waals surface area contributed by atoms with Crippen molar-refractivity contribution in [3.05, 3.63) is 24.3 Å². The smallest absolute Gasteiger partial charge is 0.444 e. The van der Waals surface area contributed by atoms with E-state index >= 15 is 0 Å². The van der Waals surface area contributed by atoms with E-state index in [0.717, 1.165) is 0 Å². The molecule has 0 fully saturated rings. The Hall–Kier alpha value is -1.23. The van der Waals surface area contributed by atoms with Crippen LogP contribution in [0.3, 0.4) is 0 Å². The maximum Gasteiger partial charge on any atom is 0.444 e. The Labute approximate surface area is 89.3 Å². The van der Waals surface area contributed by atoms with Gasteiger partial charge >= 0.3 is 6.18 Å². The molecule has 0 aliphatic rings. The standard InChI is InChI=1S/C9H7ClF3NO/c1-15-7-4-2-6(3-5-7)14-8(10)9(11,12)13/h2-5H,1H3/b14-8+. The first kappa shape index (κ1) is 11.8. The maximum absolute atomic E-state index is 12.0. The van der Waals surface area contributed by atoms with Crippen LogP contribution in [0.5, 0.6) is 5.75 Å². The fourth-order valence-corrected chi connectivity index (χ4v) is 0.931. The lowest BCUT2D eigenvalue weighted by molar-refractivity contribution is -0.0558. The molecule has 15 heavy (non-hydrogen) atoms. The lowest BCUT2D eigenvalue weighted by atomic mass is 10.3. The molecule has 0 aliphatic carbocycles. The molecule has 0 saturated heterocycles. The van der Waals surface area contributed by atoms with Crippen LogP contribution in [-0.2, 0) is 0 Å². The number of methoxy groups -OCH3 is 1. The molecule has 2 nitrogen and oxygen atoms in total. The number of hydrogen-bond acceptors (Lipinski definition) is 2. The number of rotatable bonds is 2. The SMILES string of the molecule is COc1ccc(/N=C(/Cl)C(F)(F)F)cc1. The summed E-state index contributed by atoms with van der Waals surface area (Å²) in [6.45, 7) is 0. The average Bonchev–Trinajstić information content (AvgIpc) is 2.17. The first-order chi connectivity index (χ1) is 6.93. The minimum Gasteiger partial charge on any atom is -0.497 e. The predicted octanol–water partition coefficient (Wildman–Crippen LogP) is 3.53. The molecule has 0 heterocycles. The predicted molar refractivity (Wildman–Crippen MR) is 52.0 cm³/mol. The van der Waals surface area contributed by atoms with E-state index in [1.807, 2.05) is 0 Å². The molecule has 0 amide bonds. The number of ether oxygens (including phenoxy) is 1. The number of halogens is 4. The van der Waals surface area contributed by atoms with E-state index in [-0.39, 0.29) is 5.69 Å². The second-order valence-electron chi connectivity index (χ2n) is 2.60. The van der Waals surface area contributed by atoms with E-state index in [9.17, 15) is 13.2 Å². The van der Waals surface area contributed by atoms with Crippen LogP contribution in [-0.4, -0.2) is 18.5 Å². The van der Waals surface area contributed by atoms with Crippen LogP contribution in [0.25, 0.3) is 0 Å². The summed E-state index contributed by atoms with van der Waals surface area (Å²) in [6.07, 6.45) is -4.61. The second-order valence-corrected chi connectivity index (χ2v) is 2.96. The molecule has 1 aromatic rings. The van der Waals surface area contributed by atoms with Crippen molar-refractivity contribution in [2.75, 3.05) is 7.11 Å². The normalized spacial score (nSPS) is 12.7. The van der Waals surface area contributed by atoms with E-state index < -0.39 is 11.3 Å². The van der Waals surface area contributed by atoms with Crippen molar-refractivity contribution in [2.45, 2.75) is 6.18 Å². The van der Waals surface area contributed by atoms with Crippen LogP contribution in [0.1, 0.15) is 0 Å². The highest BCUT2D eigenvalue weighted by molar-refractivity contribution is 6.67. The summed E-state index contributed by atoms with van der Waals surface area (Å²) in [5.74, 6) is 0.539. The Kier molecular flexibility index (Phi) is 3.57. The Morgan fingerprint density at radius 3 is 2.20 bits per heavy atom. The topological polar surface area (TPSA) is 21.6 Å². The Bertz CT molecular complexity index is 359. The van der Waals surface area contributed by atoms with Gasteiger partial charge in [-0.2, -0.15) is 13.2 Å². The molecule has 6 heteroatoms. The first-order valence-electron chi connectivity index (χ1n) is 3.89. The molecule has 1 rings (SSSR count). The average molecular weight is 238 g/mol. The zero-order chi connectivity index (χ0) is 11.5. The summed E-state index contributed by atoms with van der Waals surface area (Å²) in [7, 11) is 1.46. The molecule has 0 spiro atoms. The van der Waals surface area contributed by atoms with Crippen LogP contribution < -0.4 is 4.74 Å². The van der Waals surface area contributed by atoms with Crippen LogP contribution in [0, 0.1) is 0 Å². The molecule has 0 unspecified atom stereocenters. The lowest BCUT2D eigenvalue weighted by Crippen LogP contribution is -2.16.